The second-order valence-electron chi connectivity index (χ2n) is 3.13. The van der Waals surface area contributed by atoms with E-state index in [0.29, 0.717) is 0 Å². The lowest BCUT2D eigenvalue weighted by molar-refractivity contribution is 1.50. The Morgan fingerprint density at radius 1 is 1.06 bits per heavy atom. The van der Waals surface area contributed by atoms with Gasteiger partial charge in [-0.25, -0.2) is 0 Å². The Kier molecular flexibility index (Phi) is 12.0. The lowest BCUT2D eigenvalue weighted by Gasteiger charge is -2.07. The molecule has 0 saturated carbocycles. The van der Waals surface area contributed by atoms with Gasteiger partial charge in [0.25, 0.3) is 0 Å². The third kappa shape index (κ3) is 5.49. The highest BCUT2D eigenvalue weighted by molar-refractivity contribution is 5.81. The van der Waals surface area contributed by atoms with Gasteiger partial charge in [-0.2, -0.15) is 0 Å². The summed E-state index contributed by atoms with van der Waals surface area (Å²) in [5.74, 6) is 0. The number of hydrogen-bond donors (Lipinski definition) is 0. The maximum Gasteiger partial charge on any atom is -0.0154 e. The molecular formula is C18H26. The van der Waals surface area contributed by atoms with E-state index in [1.165, 1.54) is 11.1 Å². The topological polar surface area (TPSA) is 0 Å². The van der Waals surface area contributed by atoms with Crippen LogP contribution in [-0.4, -0.2) is 0 Å². The first-order valence-corrected chi connectivity index (χ1v) is 6.00. The second kappa shape index (κ2) is 11.7. The molecule has 18 heavy (non-hydrogen) atoms. The molecule has 0 aromatic heterocycles. The van der Waals surface area contributed by atoms with E-state index in [-0.39, 0.29) is 7.43 Å². The lowest BCUT2D eigenvalue weighted by Crippen LogP contribution is -1.86. The van der Waals surface area contributed by atoms with Crippen LogP contribution in [0.5, 0.6) is 0 Å². The van der Waals surface area contributed by atoms with Crippen molar-refractivity contribution in [3.63, 3.8) is 0 Å². The summed E-state index contributed by atoms with van der Waals surface area (Å²) >= 11 is 0. The summed E-state index contributed by atoms with van der Waals surface area (Å²) < 4.78 is 0. The molecule has 0 bridgehead atoms. The molecule has 1 aromatic rings. The maximum atomic E-state index is 3.82. The summed E-state index contributed by atoms with van der Waals surface area (Å²) in [7, 11) is 0. The zero-order valence-electron chi connectivity index (χ0n) is 11.1. The van der Waals surface area contributed by atoms with Crippen molar-refractivity contribution >= 4 is 5.57 Å². The molecule has 0 heterocycles. The van der Waals surface area contributed by atoms with E-state index in [1.54, 1.807) is 6.08 Å². The molecule has 0 atom stereocenters. The number of benzene rings is 1. The molecule has 0 radical (unpaired) electrons. The van der Waals surface area contributed by atoms with Crippen LogP contribution in [0.25, 0.3) is 5.57 Å². The average Bonchev–Trinajstić information content (AvgIpc) is 2.42. The van der Waals surface area contributed by atoms with Crippen molar-refractivity contribution in [1.82, 2.24) is 0 Å². The van der Waals surface area contributed by atoms with Gasteiger partial charge in [0, 0.05) is 0 Å². The smallest absolute Gasteiger partial charge is 0.0154 e. The summed E-state index contributed by atoms with van der Waals surface area (Å²) in [5, 5.41) is 0. The van der Waals surface area contributed by atoms with Crippen LogP contribution in [-0.2, 0) is 0 Å². The minimum atomic E-state index is 0. The molecule has 1 aromatic carbocycles. The largest absolute Gasteiger partial charge is 0.0990 e. The second-order valence-corrected chi connectivity index (χ2v) is 3.13. The van der Waals surface area contributed by atoms with E-state index in [9.17, 15) is 0 Å². The quantitative estimate of drug-likeness (QED) is 0.564. The van der Waals surface area contributed by atoms with Crippen molar-refractivity contribution in [1.29, 1.82) is 0 Å². The number of allylic oxidation sites excluding steroid dienone is 6. The first-order chi connectivity index (χ1) is 8.33. The lowest BCUT2D eigenvalue weighted by atomic mass is 9.97. The van der Waals surface area contributed by atoms with Gasteiger partial charge in [0.1, 0.15) is 0 Å². The molecule has 0 amide bonds. The molecule has 0 aliphatic heterocycles. The van der Waals surface area contributed by atoms with Crippen LogP contribution in [0.1, 0.15) is 33.8 Å². The third-order valence-electron chi connectivity index (χ3n) is 2.20. The first-order valence-electron chi connectivity index (χ1n) is 6.00. The van der Waals surface area contributed by atoms with Crippen LogP contribution in [0.15, 0.2) is 73.4 Å². The van der Waals surface area contributed by atoms with E-state index in [4.69, 9.17) is 0 Å². The van der Waals surface area contributed by atoms with Gasteiger partial charge >= 0.3 is 0 Å². The summed E-state index contributed by atoms with van der Waals surface area (Å²) in [6, 6.07) is 10.3. The van der Waals surface area contributed by atoms with Gasteiger partial charge in [0.2, 0.25) is 0 Å². The fourth-order valence-corrected chi connectivity index (χ4v) is 1.51. The fraction of sp³-hybridized carbons (Fsp3) is 0.222. The third-order valence-corrected chi connectivity index (χ3v) is 2.20. The summed E-state index contributed by atoms with van der Waals surface area (Å²) in [4.78, 5) is 0. The Morgan fingerprint density at radius 2 is 1.61 bits per heavy atom. The zero-order chi connectivity index (χ0) is 13.1. The van der Waals surface area contributed by atoms with E-state index in [1.807, 2.05) is 51.1 Å². The Hall–Kier alpha value is -1.82. The monoisotopic (exact) mass is 242 g/mol. The highest BCUT2D eigenvalue weighted by Crippen LogP contribution is 2.23. The van der Waals surface area contributed by atoms with Gasteiger partial charge in [-0.05, 0) is 23.6 Å². The van der Waals surface area contributed by atoms with Crippen LogP contribution in [0.2, 0.25) is 0 Å². The SMILES string of the molecule is C.C=C/C=C(C=C)/C(=C/C)c1ccccc1.CC. The predicted octanol–water partition coefficient (Wildman–Crippen LogP) is 6.05. The Labute approximate surface area is 113 Å². The number of rotatable bonds is 4. The average molecular weight is 242 g/mol. The molecule has 0 unspecified atom stereocenters. The maximum absolute atomic E-state index is 3.82. The van der Waals surface area contributed by atoms with E-state index >= 15 is 0 Å². The van der Waals surface area contributed by atoms with Gasteiger partial charge in [0.15, 0.2) is 0 Å². The highest BCUT2D eigenvalue weighted by atomic mass is 14.1. The molecule has 0 fully saturated rings. The molecule has 1 rings (SSSR count). The molecule has 0 aliphatic rings. The zero-order valence-corrected chi connectivity index (χ0v) is 11.1. The van der Waals surface area contributed by atoms with Gasteiger partial charge in [0.05, 0.1) is 0 Å². The predicted molar refractivity (Wildman–Crippen MR) is 86.6 cm³/mol. The van der Waals surface area contributed by atoms with Gasteiger partial charge < -0.3 is 0 Å². The molecule has 0 spiro atoms. The summed E-state index contributed by atoms with van der Waals surface area (Å²) in [5.41, 5.74) is 3.48. The van der Waals surface area contributed by atoms with Crippen molar-refractivity contribution in [3.05, 3.63) is 78.9 Å². The van der Waals surface area contributed by atoms with E-state index in [2.05, 4.69) is 31.4 Å². The van der Waals surface area contributed by atoms with Crippen molar-refractivity contribution < 1.29 is 0 Å². The molecule has 0 saturated heterocycles. The summed E-state index contributed by atoms with van der Waals surface area (Å²) in [6.45, 7) is 13.6. The van der Waals surface area contributed by atoms with Gasteiger partial charge in [-0.15, -0.1) is 0 Å². The van der Waals surface area contributed by atoms with Crippen molar-refractivity contribution in [2.75, 3.05) is 0 Å². The molecule has 0 N–H and O–H groups in total. The standard InChI is InChI=1S/C15H16.C2H6.CH4/c1-4-10-13(5-2)15(6-3)14-11-8-7-9-12-14;1-2;/h4-12H,1-2H2,3H3;1-2H3;1H4/b13-10+,15-6-;;. The Morgan fingerprint density at radius 3 is 2.00 bits per heavy atom. The Bertz CT molecular complexity index is 391. The molecule has 0 nitrogen and oxygen atoms in total. The normalized spacial score (nSPS) is 10.6. The summed E-state index contributed by atoms with van der Waals surface area (Å²) in [6.07, 6.45) is 7.69. The van der Waals surface area contributed by atoms with Gasteiger partial charge in [-0.1, -0.05) is 89.1 Å². The van der Waals surface area contributed by atoms with Crippen molar-refractivity contribution in [2.45, 2.75) is 28.2 Å². The van der Waals surface area contributed by atoms with Crippen molar-refractivity contribution in [3.8, 4) is 0 Å². The van der Waals surface area contributed by atoms with Crippen LogP contribution >= 0.6 is 0 Å². The molecule has 98 valence electrons. The molecular weight excluding hydrogens is 216 g/mol. The van der Waals surface area contributed by atoms with E-state index in [0.717, 1.165) is 5.57 Å². The van der Waals surface area contributed by atoms with Crippen LogP contribution in [0, 0.1) is 0 Å². The van der Waals surface area contributed by atoms with E-state index < -0.39 is 0 Å². The fourth-order valence-electron chi connectivity index (χ4n) is 1.51. The highest BCUT2D eigenvalue weighted by Gasteiger charge is 2.01. The first kappa shape index (κ1) is 18.5. The number of hydrogen-bond acceptors (Lipinski definition) is 0. The van der Waals surface area contributed by atoms with Gasteiger partial charge in [-0.3, -0.25) is 0 Å². The van der Waals surface area contributed by atoms with Crippen LogP contribution in [0.3, 0.4) is 0 Å². The minimum absolute atomic E-state index is 0. The Balaban J connectivity index is 0. The molecule has 0 aliphatic carbocycles. The molecule has 0 heteroatoms. The van der Waals surface area contributed by atoms with Crippen molar-refractivity contribution in [2.24, 2.45) is 0 Å². The van der Waals surface area contributed by atoms with Crippen LogP contribution in [0.4, 0.5) is 0 Å². The van der Waals surface area contributed by atoms with Crippen LogP contribution < -0.4 is 0 Å². The minimum Gasteiger partial charge on any atom is -0.0990 e.